The Morgan fingerprint density at radius 1 is 0.950 bits per heavy atom. The lowest BCUT2D eigenvalue weighted by Gasteiger charge is -2.08. The largest absolute Gasteiger partial charge is 0.396 e. The van der Waals surface area contributed by atoms with E-state index in [1.165, 1.54) is 24.3 Å². The number of aliphatic hydroxyl groups is 1. The number of benzene rings is 2. The highest BCUT2D eigenvalue weighted by Crippen LogP contribution is 2.12. The molecular formula is C15H15FN2O2. The fraction of sp³-hybridized carbons (Fsp3) is 0.133. The minimum Gasteiger partial charge on any atom is -0.396 e. The molecule has 0 aliphatic rings. The van der Waals surface area contributed by atoms with Crippen LogP contribution in [0.15, 0.2) is 48.5 Å². The van der Waals surface area contributed by atoms with Gasteiger partial charge in [0.2, 0.25) is 0 Å². The van der Waals surface area contributed by atoms with Crippen molar-refractivity contribution in [1.29, 1.82) is 0 Å². The van der Waals surface area contributed by atoms with E-state index in [0.717, 1.165) is 5.56 Å². The molecule has 0 saturated heterocycles. The Balaban J connectivity index is 1.92. The Hall–Kier alpha value is -2.40. The molecule has 2 rings (SSSR count). The van der Waals surface area contributed by atoms with Gasteiger partial charge in [0.15, 0.2) is 0 Å². The van der Waals surface area contributed by atoms with E-state index in [-0.39, 0.29) is 12.4 Å². The van der Waals surface area contributed by atoms with Gasteiger partial charge in [-0.05, 0) is 48.4 Å². The van der Waals surface area contributed by atoms with Gasteiger partial charge in [-0.1, -0.05) is 12.1 Å². The van der Waals surface area contributed by atoms with Crippen LogP contribution in [0, 0.1) is 5.82 Å². The van der Waals surface area contributed by atoms with Gasteiger partial charge in [0.25, 0.3) is 0 Å². The molecule has 4 nitrogen and oxygen atoms in total. The van der Waals surface area contributed by atoms with Gasteiger partial charge in [0, 0.05) is 18.0 Å². The molecule has 2 amide bonds. The van der Waals surface area contributed by atoms with Crippen molar-refractivity contribution < 1.29 is 14.3 Å². The fourth-order valence-corrected chi connectivity index (χ4v) is 1.71. The molecule has 0 aliphatic heterocycles. The second-order valence-electron chi connectivity index (χ2n) is 4.26. The molecule has 0 bridgehead atoms. The van der Waals surface area contributed by atoms with Crippen molar-refractivity contribution in [1.82, 2.24) is 0 Å². The third-order valence-corrected chi connectivity index (χ3v) is 2.71. The van der Waals surface area contributed by atoms with Crippen LogP contribution in [0.1, 0.15) is 5.56 Å². The molecule has 104 valence electrons. The number of halogens is 1. The van der Waals surface area contributed by atoms with Gasteiger partial charge in [-0.25, -0.2) is 9.18 Å². The van der Waals surface area contributed by atoms with Crippen LogP contribution in [0.2, 0.25) is 0 Å². The minimum absolute atomic E-state index is 0.0951. The first-order valence-electron chi connectivity index (χ1n) is 6.21. The topological polar surface area (TPSA) is 61.4 Å². The van der Waals surface area contributed by atoms with Gasteiger partial charge >= 0.3 is 6.03 Å². The lowest BCUT2D eigenvalue weighted by Crippen LogP contribution is -2.19. The number of aliphatic hydroxyl groups excluding tert-OH is 1. The van der Waals surface area contributed by atoms with Gasteiger partial charge in [-0.3, -0.25) is 0 Å². The van der Waals surface area contributed by atoms with Crippen LogP contribution in [0.5, 0.6) is 0 Å². The summed E-state index contributed by atoms with van der Waals surface area (Å²) in [6.07, 6.45) is 0.585. The zero-order valence-corrected chi connectivity index (χ0v) is 10.8. The van der Waals surface area contributed by atoms with Crippen LogP contribution >= 0.6 is 0 Å². The Labute approximate surface area is 116 Å². The predicted molar refractivity (Wildman–Crippen MR) is 76.3 cm³/mol. The number of hydrogen-bond acceptors (Lipinski definition) is 2. The summed E-state index contributed by atoms with van der Waals surface area (Å²) in [6.45, 7) is 0.0951. The van der Waals surface area contributed by atoms with E-state index in [1.807, 2.05) is 12.1 Å². The molecule has 3 N–H and O–H groups in total. The summed E-state index contributed by atoms with van der Waals surface area (Å²) in [7, 11) is 0. The van der Waals surface area contributed by atoms with Crippen LogP contribution in [0.4, 0.5) is 20.6 Å². The number of hydrogen-bond donors (Lipinski definition) is 3. The summed E-state index contributed by atoms with van der Waals surface area (Å²) in [5.41, 5.74) is 2.16. The number of amides is 2. The Kier molecular flexibility index (Phi) is 4.68. The van der Waals surface area contributed by atoms with E-state index in [0.29, 0.717) is 17.8 Å². The number of carbonyl (C=O) groups is 1. The predicted octanol–water partition coefficient (Wildman–Crippen LogP) is 3.00. The van der Waals surface area contributed by atoms with Crippen LogP contribution in [-0.4, -0.2) is 17.7 Å². The van der Waals surface area contributed by atoms with Gasteiger partial charge in [0.1, 0.15) is 5.82 Å². The maximum atomic E-state index is 12.7. The number of anilines is 2. The second-order valence-corrected chi connectivity index (χ2v) is 4.26. The van der Waals surface area contributed by atoms with Gasteiger partial charge in [-0.2, -0.15) is 0 Å². The zero-order valence-electron chi connectivity index (χ0n) is 10.8. The smallest absolute Gasteiger partial charge is 0.323 e. The molecule has 20 heavy (non-hydrogen) atoms. The Bertz CT molecular complexity index is 567. The van der Waals surface area contributed by atoms with Crippen molar-refractivity contribution in [3.8, 4) is 0 Å². The highest BCUT2D eigenvalue weighted by Gasteiger charge is 2.03. The first-order valence-corrected chi connectivity index (χ1v) is 6.21. The molecule has 0 spiro atoms. The number of carbonyl (C=O) groups excluding carboxylic acids is 1. The van der Waals surface area contributed by atoms with Crippen molar-refractivity contribution in [3.63, 3.8) is 0 Å². The average molecular weight is 274 g/mol. The summed E-state index contributed by atoms with van der Waals surface area (Å²) in [4.78, 5) is 11.7. The van der Waals surface area contributed by atoms with E-state index in [1.54, 1.807) is 12.1 Å². The van der Waals surface area contributed by atoms with Crippen molar-refractivity contribution in [2.45, 2.75) is 6.42 Å². The average Bonchev–Trinajstić information content (AvgIpc) is 2.44. The van der Waals surface area contributed by atoms with E-state index in [2.05, 4.69) is 10.6 Å². The number of urea groups is 1. The number of nitrogens with one attached hydrogen (secondary N) is 2. The third-order valence-electron chi connectivity index (χ3n) is 2.71. The van der Waals surface area contributed by atoms with Crippen molar-refractivity contribution in [3.05, 3.63) is 59.9 Å². The third kappa shape index (κ3) is 4.07. The summed E-state index contributed by atoms with van der Waals surface area (Å²) < 4.78 is 12.7. The molecule has 0 aromatic heterocycles. The van der Waals surface area contributed by atoms with E-state index < -0.39 is 6.03 Å². The summed E-state index contributed by atoms with van der Waals surface area (Å²) in [5.74, 6) is -0.351. The van der Waals surface area contributed by atoms with E-state index in [4.69, 9.17) is 5.11 Å². The molecule has 0 fully saturated rings. The molecule has 2 aromatic rings. The summed E-state index contributed by atoms with van der Waals surface area (Å²) in [5, 5.41) is 14.1. The zero-order chi connectivity index (χ0) is 14.4. The van der Waals surface area contributed by atoms with Gasteiger partial charge < -0.3 is 15.7 Å². The van der Waals surface area contributed by atoms with Crippen LogP contribution in [0.25, 0.3) is 0 Å². The lowest BCUT2D eigenvalue weighted by atomic mass is 10.1. The van der Waals surface area contributed by atoms with Crippen molar-refractivity contribution in [2.75, 3.05) is 17.2 Å². The quantitative estimate of drug-likeness (QED) is 0.802. The molecule has 2 aromatic carbocycles. The number of rotatable bonds is 4. The maximum Gasteiger partial charge on any atom is 0.323 e. The van der Waals surface area contributed by atoms with Crippen LogP contribution in [0.3, 0.4) is 0 Å². The van der Waals surface area contributed by atoms with Crippen molar-refractivity contribution in [2.24, 2.45) is 0 Å². The molecule has 5 heteroatoms. The molecule has 0 atom stereocenters. The molecule has 0 heterocycles. The lowest BCUT2D eigenvalue weighted by molar-refractivity contribution is 0.262. The Morgan fingerprint density at radius 3 is 1.95 bits per heavy atom. The van der Waals surface area contributed by atoms with Gasteiger partial charge in [0.05, 0.1) is 0 Å². The second kappa shape index (κ2) is 6.68. The molecule has 0 unspecified atom stereocenters. The van der Waals surface area contributed by atoms with Crippen molar-refractivity contribution >= 4 is 17.4 Å². The summed E-state index contributed by atoms with van der Waals surface area (Å²) >= 11 is 0. The first-order chi connectivity index (χ1) is 9.67. The summed E-state index contributed by atoms with van der Waals surface area (Å²) in [6, 6.07) is 12.3. The van der Waals surface area contributed by atoms with Gasteiger partial charge in [-0.15, -0.1) is 0 Å². The van der Waals surface area contributed by atoms with E-state index >= 15 is 0 Å². The van der Waals surface area contributed by atoms with Crippen LogP contribution < -0.4 is 10.6 Å². The van der Waals surface area contributed by atoms with E-state index in [9.17, 15) is 9.18 Å². The molecule has 0 radical (unpaired) electrons. The standard InChI is InChI=1S/C15H15FN2O2/c16-12-3-7-14(8-4-12)18-15(20)17-13-5-1-11(2-6-13)9-10-19/h1-8,19H,9-10H2,(H2,17,18,20). The Morgan fingerprint density at radius 2 is 1.45 bits per heavy atom. The first kappa shape index (κ1) is 14.0. The highest BCUT2D eigenvalue weighted by atomic mass is 19.1. The van der Waals surface area contributed by atoms with Crippen LogP contribution in [-0.2, 0) is 6.42 Å². The molecular weight excluding hydrogens is 259 g/mol. The SMILES string of the molecule is O=C(Nc1ccc(F)cc1)Nc1ccc(CCO)cc1. The molecule has 0 saturated carbocycles. The molecule has 0 aliphatic carbocycles. The highest BCUT2D eigenvalue weighted by molar-refractivity contribution is 5.99. The normalized spacial score (nSPS) is 10.1. The maximum absolute atomic E-state index is 12.7. The minimum atomic E-state index is -0.397. The monoisotopic (exact) mass is 274 g/mol. The fourth-order valence-electron chi connectivity index (χ4n) is 1.71.